The molecule has 0 unspecified atom stereocenters. The van der Waals surface area contributed by atoms with Crippen LogP contribution in [0.3, 0.4) is 0 Å². The Morgan fingerprint density at radius 3 is 2.89 bits per heavy atom. The molecule has 0 atom stereocenters. The van der Waals surface area contributed by atoms with E-state index in [1.165, 1.54) is 31.0 Å². The second-order valence-corrected chi connectivity index (χ2v) is 6.03. The van der Waals surface area contributed by atoms with Crippen LogP contribution in [0.4, 0.5) is 4.39 Å². The molecule has 5 heteroatoms. The van der Waals surface area contributed by atoms with E-state index in [1.54, 1.807) is 11.9 Å². The number of halogens is 2. The Balaban J connectivity index is 1.83. The maximum absolute atomic E-state index is 13.0. The van der Waals surface area contributed by atoms with Crippen LogP contribution < -0.4 is 0 Å². The van der Waals surface area contributed by atoms with Crippen molar-refractivity contribution in [2.24, 2.45) is 5.92 Å². The van der Waals surface area contributed by atoms with Gasteiger partial charge in [-0.3, -0.25) is 4.79 Å². The highest BCUT2D eigenvalue weighted by Crippen LogP contribution is 2.28. The number of carbonyl (C=O) groups excluding carboxylic acids is 1. The van der Waals surface area contributed by atoms with Crippen molar-refractivity contribution in [3.05, 3.63) is 33.1 Å². The number of likely N-dealkylation sites (N-methyl/N-ethyl adjacent to an activating group) is 1. The zero-order chi connectivity index (χ0) is 13.8. The molecule has 0 N–H and O–H groups in total. The molecule has 1 fully saturated rings. The molecule has 1 amide bonds. The lowest BCUT2D eigenvalue weighted by molar-refractivity contribution is 0.0680. The van der Waals surface area contributed by atoms with E-state index >= 15 is 0 Å². The van der Waals surface area contributed by atoms with E-state index in [1.807, 2.05) is 22.6 Å². The predicted octanol–water partition coefficient (Wildman–Crippen LogP) is 2.93. The average Bonchev–Trinajstić information content (AvgIpc) is 3.17. The molecule has 0 aromatic heterocycles. The molecule has 0 radical (unpaired) electrons. The van der Waals surface area contributed by atoms with Crippen LogP contribution in [0.1, 0.15) is 23.2 Å². The average molecular weight is 377 g/mol. The maximum atomic E-state index is 13.0. The highest BCUT2D eigenvalue weighted by atomic mass is 127. The van der Waals surface area contributed by atoms with Gasteiger partial charge in [-0.1, -0.05) is 0 Å². The Morgan fingerprint density at radius 2 is 2.26 bits per heavy atom. The summed E-state index contributed by atoms with van der Waals surface area (Å²) in [4.78, 5) is 13.8. The monoisotopic (exact) mass is 377 g/mol. The summed E-state index contributed by atoms with van der Waals surface area (Å²) in [5.74, 6) is 0.315. The van der Waals surface area contributed by atoms with Gasteiger partial charge in [0.25, 0.3) is 5.91 Å². The summed E-state index contributed by atoms with van der Waals surface area (Å²) in [5, 5.41) is 0. The maximum Gasteiger partial charge on any atom is 0.254 e. The summed E-state index contributed by atoms with van der Waals surface area (Å²) in [6.45, 7) is 1.91. The van der Waals surface area contributed by atoms with Crippen LogP contribution in [0, 0.1) is 15.3 Å². The molecule has 104 valence electrons. The molecule has 1 aliphatic carbocycles. The van der Waals surface area contributed by atoms with Crippen LogP contribution in [0.5, 0.6) is 0 Å². The van der Waals surface area contributed by atoms with Gasteiger partial charge in [-0.15, -0.1) is 0 Å². The van der Waals surface area contributed by atoms with Crippen LogP contribution in [0.15, 0.2) is 18.2 Å². The fourth-order valence-electron chi connectivity index (χ4n) is 1.71. The molecular weight excluding hydrogens is 360 g/mol. The lowest BCUT2D eigenvalue weighted by atomic mass is 10.2. The van der Waals surface area contributed by atoms with E-state index in [4.69, 9.17) is 4.74 Å². The van der Waals surface area contributed by atoms with E-state index in [0.29, 0.717) is 22.3 Å². The van der Waals surface area contributed by atoms with Crippen LogP contribution in [-0.2, 0) is 4.74 Å². The fourth-order valence-corrected chi connectivity index (χ4v) is 2.41. The van der Waals surface area contributed by atoms with Crippen molar-refractivity contribution < 1.29 is 13.9 Å². The third-order valence-electron chi connectivity index (χ3n) is 3.13. The van der Waals surface area contributed by atoms with Crippen LogP contribution in [0.2, 0.25) is 0 Å². The first-order chi connectivity index (χ1) is 9.08. The summed E-state index contributed by atoms with van der Waals surface area (Å²) < 4.78 is 19.1. The van der Waals surface area contributed by atoms with E-state index in [0.717, 1.165) is 12.5 Å². The van der Waals surface area contributed by atoms with E-state index < -0.39 is 0 Å². The quantitative estimate of drug-likeness (QED) is 0.564. The van der Waals surface area contributed by atoms with Gasteiger partial charge in [0.2, 0.25) is 0 Å². The predicted molar refractivity (Wildman–Crippen MR) is 79.6 cm³/mol. The summed E-state index contributed by atoms with van der Waals surface area (Å²) in [5.41, 5.74) is 0.534. The third kappa shape index (κ3) is 4.42. The summed E-state index contributed by atoms with van der Waals surface area (Å²) in [6, 6.07) is 4.21. The van der Waals surface area contributed by atoms with Crippen molar-refractivity contribution in [1.82, 2.24) is 4.90 Å². The molecule has 19 heavy (non-hydrogen) atoms. The molecule has 1 aromatic rings. The fraction of sp³-hybridized carbons (Fsp3) is 0.500. The molecular formula is C14H17FINO2. The second kappa shape index (κ2) is 6.65. The molecule has 2 rings (SSSR count). The summed E-state index contributed by atoms with van der Waals surface area (Å²) >= 11 is 1.98. The summed E-state index contributed by atoms with van der Waals surface area (Å²) in [6.07, 6.45) is 2.53. The lowest BCUT2D eigenvalue weighted by Gasteiger charge is -2.18. The van der Waals surface area contributed by atoms with Gasteiger partial charge in [0.15, 0.2) is 0 Å². The van der Waals surface area contributed by atoms with Gasteiger partial charge in [-0.2, -0.15) is 0 Å². The zero-order valence-electron chi connectivity index (χ0n) is 10.9. The molecule has 1 aliphatic rings. The number of ether oxygens (including phenoxy) is 1. The highest BCUT2D eigenvalue weighted by molar-refractivity contribution is 14.1. The zero-order valence-corrected chi connectivity index (χ0v) is 13.0. The van der Waals surface area contributed by atoms with E-state index in [9.17, 15) is 9.18 Å². The van der Waals surface area contributed by atoms with E-state index in [-0.39, 0.29) is 11.7 Å². The third-order valence-corrected chi connectivity index (χ3v) is 4.02. The second-order valence-electron chi connectivity index (χ2n) is 4.87. The topological polar surface area (TPSA) is 29.5 Å². The lowest BCUT2D eigenvalue weighted by Crippen LogP contribution is -2.30. The first-order valence-corrected chi connectivity index (χ1v) is 7.44. The number of rotatable bonds is 6. The van der Waals surface area contributed by atoms with Crippen molar-refractivity contribution in [2.45, 2.75) is 12.8 Å². The molecule has 1 aromatic carbocycles. The Morgan fingerprint density at radius 1 is 1.53 bits per heavy atom. The minimum Gasteiger partial charge on any atom is -0.379 e. The number of nitrogens with zero attached hydrogens (tertiary/aromatic N) is 1. The molecule has 0 spiro atoms. The number of amides is 1. The van der Waals surface area contributed by atoms with Gasteiger partial charge in [-0.05, 0) is 59.5 Å². The van der Waals surface area contributed by atoms with Gasteiger partial charge in [-0.25, -0.2) is 4.39 Å². The van der Waals surface area contributed by atoms with Crippen molar-refractivity contribution in [2.75, 3.05) is 26.8 Å². The van der Waals surface area contributed by atoms with Gasteiger partial charge < -0.3 is 9.64 Å². The molecule has 0 aliphatic heterocycles. The van der Waals surface area contributed by atoms with Crippen LogP contribution in [-0.4, -0.2) is 37.6 Å². The molecule has 1 saturated carbocycles. The number of carbonyl (C=O) groups is 1. The van der Waals surface area contributed by atoms with Crippen molar-refractivity contribution in [3.63, 3.8) is 0 Å². The SMILES string of the molecule is CN(CCOCC1CC1)C(=O)c1ccc(F)cc1I. The Hall–Kier alpha value is -0.690. The first kappa shape index (κ1) is 14.7. The van der Waals surface area contributed by atoms with Crippen molar-refractivity contribution in [1.29, 1.82) is 0 Å². The summed E-state index contributed by atoms with van der Waals surface area (Å²) in [7, 11) is 1.74. The minimum absolute atomic E-state index is 0.0978. The Bertz CT molecular complexity index is 463. The molecule has 0 saturated heterocycles. The van der Waals surface area contributed by atoms with Gasteiger partial charge >= 0.3 is 0 Å². The number of hydrogen-bond acceptors (Lipinski definition) is 2. The normalized spacial score (nSPS) is 14.5. The first-order valence-electron chi connectivity index (χ1n) is 6.36. The Kier molecular flexibility index (Phi) is 5.15. The number of benzene rings is 1. The van der Waals surface area contributed by atoms with Crippen molar-refractivity contribution >= 4 is 28.5 Å². The molecule has 0 heterocycles. The molecule has 3 nitrogen and oxygen atoms in total. The van der Waals surface area contributed by atoms with Crippen LogP contribution in [0.25, 0.3) is 0 Å². The van der Waals surface area contributed by atoms with Crippen LogP contribution >= 0.6 is 22.6 Å². The highest BCUT2D eigenvalue weighted by Gasteiger charge is 2.21. The number of hydrogen-bond donors (Lipinski definition) is 0. The van der Waals surface area contributed by atoms with Gasteiger partial charge in [0, 0.05) is 23.8 Å². The molecule has 0 bridgehead atoms. The Labute approximate surface area is 126 Å². The van der Waals surface area contributed by atoms with Crippen molar-refractivity contribution in [3.8, 4) is 0 Å². The largest absolute Gasteiger partial charge is 0.379 e. The minimum atomic E-state index is -0.323. The van der Waals surface area contributed by atoms with Gasteiger partial charge in [0.05, 0.1) is 12.2 Å². The standard InChI is InChI=1S/C14H17FINO2/c1-17(6-7-19-9-10-2-3-10)14(18)12-5-4-11(15)8-13(12)16/h4-5,8,10H,2-3,6-7,9H2,1H3. The van der Waals surface area contributed by atoms with E-state index in [2.05, 4.69) is 0 Å². The smallest absolute Gasteiger partial charge is 0.254 e. The van der Waals surface area contributed by atoms with Gasteiger partial charge in [0.1, 0.15) is 5.82 Å².